The van der Waals surface area contributed by atoms with Gasteiger partial charge in [0.2, 0.25) is 5.88 Å². The average Bonchev–Trinajstić information content (AvgIpc) is 3.01. The molecule has 0 saturated carbocycles. The number of carbonyl (C=O) groups is 1. The van der Waals surface area contributed by atoms with Crippen LogP contribution in [0.4, 0.5) is 13.2 Å². The van der Waals surface area contributed by atoms with Gasteiger partial charge in [-0.1, -0.05) is 32.0 Å². The molecule has 0 unspecified atom stereocenters. The first kappa shape index (κ1) is 18.7. The van der Waals surface area contributed by atoms with Crippen LogP contribution >= 0.6 is 0 Å². The number of rotatable bonds is 4. The number of hydrogen-bond acceptors (Lipinski definition) is 4. The second-order valence-electron chi connectivity index (χ2n) is 6.44. The lowest BCUT2D eigenvalue weighted by molar-refractivity contribution is -0.137. The predicted octanol–water partition coefficient (Wildman–Crippen LogP) is 3.87. The molecule has 0 amide bonds. The Morgan fingerprint density at radius 1 is 1.26 bits per heavy atom. The number of aromatic hydroxyl groups is 1. The van der Waals surface area contributed by atoms with E-state index in [0.717, 1.165) is 16.6 Å². The van der Waals surface area contributed by atoms with Crippen LogP contribution in [0.5, 0.6) is 5.88 Å². The van der Waals surface area contributed by atoms with Gasteiger partial charge in [-0.25, -0.2) is 9.78 Å². The second kappa shape index (κ2) is 6.57. The number of benzene rings is 1. The molecule has 0 aliphatic carbocycles. The number of halogens is 3. The Kier molecular flexibility index (Phi) is 4.54. The lowest BCUT2D eigenvalue weighted by atomic mass is 10.0. The molecule has 3 aromatic rings. The van der Waals surface area contributed by atoms with Gasteiger partial charge in [0.1, 0.15) is 0 Å². The molecule has 0 bridgehead atoms. The topological polar surface area (TPSA) is 87.7 Å². The van der Waals surface area contributed by atoms with Crippen molar-refractivity contribution in [1.29, 1.82) is 0 Å². The van der Waals surface area contributed by atoms with Gasteiger partial charge in [0.05, 0.1) is 16.8 Å². The summed E-state index contributed by atoms with van der Waals surface area (Å²) in [7, 11) is 0. The lowest BCUT2D eigenvalue weighted by Gasteiger charge is -2.12. The first-order valence-electron chi connectivity index (χ1n) is 8.09. The Bertz CT molecular complexity index is 1030. The van der Waals surface area contributed by atoms with E-state index in [0.29, 0.717) is 5.69 Å². The summed E-state index contributed by atoms with van der Waals surface area (Å²) in [6.45, 7) is 3.75. The Balaban J connectivity index is 2.14. The number of nitrogens with zero attached hydrogens (tertiary/aromatic N) is 3. The summed E-state index contributed by atoms with van der Waals surface area (Å²) in [4.78, 5) is 15.6. The minimum atomic E-state index is -4.52. The summed E-state index contributed by atoms with van der Waals surface area (Å²) in [5.74, 6) is -1.82. The molecule has 142 valence electrons. The molecular formula is C18H16F3N3O3. The third-order valence-electron chi connectivity index (χ3n) is 4.12. The van der Waals surface area contributed by atoms with Crippen LogP contribution in [-0.2, 0) is 12.6 Å². The molecule has 2 aromatic heterocycles. The van der Waals surface area contributed by atoms with E-state index in [2.05, 4.69) is 10.1 Å². The van der Waals surface area contributed by atoms with Gasteiger partial charge in [0, 0.05) is 12.5 Å². The number of carboxylic acid groups (broad SMARTS) is 1. The van der Waals surface area contributed by atoms with Gasteiger partial charge >= 0.3 is 12.1 Å². The number of hydrogen-bond donors (Lipinski definition) is 2. The van der Waals surface area contributed by atoms with Crippen LogP contribution in [0.25, 0.3) is 5.65 Å². The van der Waals surface area contributed by atoms with E-state index in [1.807, 2.05) is 13.8 Å². The van der Waals surface area contributed by atoms with Crippen LogP contribution in [0, 0.1) is 0 Å². The zero-order chi connectivity index (χ0) is 19.9. The summed E-state index contributed by atoms with van der Waals surface area (Å²) in [6, 6.07) is 6.05. The molecule has 27 heavy (non-hydrogen) atoms. The monoisotopic (exact) mass is 379 g/mol. The molecule has 2 N–H and O–H groups in total. The molecule has 2 heterocycles. The van der Waals surface area contributed by atoms with E-state index in [-0.39, 0.29) is 29.1 Å². The maximum atomic E-state index is 12.9. The number of alkyl halides is 3. The van der Waals surface area contributed by atoms with Gasteiger partial charge in [-0.3, -0.25) is 0 Å². The van der Waals surface area contributed by atoms with E-state index in [1.165, 1.54) is 12.1 Å². The Labute approximate surface area is 151 Å². The summed E-state index contributed by atoms with van der Waals surface area (Å²) in [5, 5.41) is 24.2. The molecule has 0 aliphatic heterocycles. The van der Waals surface area contributed by atoms with E-state index in [1.54, 1.807) is 6.07 Å². The first-order valence-corrected chi connectivity index (χ1v) is 8.09. The number of aromatic nitrogens is 3. The Morgan fingerprint density at radius 3 is 2.56 bits per heavy atom. The van der Waals surface area contributed by atoms with E-state index < -0.39 is 29.3 Å². The van der Waals surface area contributed by atoms with Crippen molar-refractivity contribution in [3.05, 3.63) is 58.4 Å². The summed E-state index contributed by atoms with van der Waals surface area (Å²) in [5.41, 5.74) is -0.432. The normalized spacial score (nSPS) is 12.1. The van der Waals surface area contributed by atoms with Crippen LogP contribution in [-0.4, -0.2) is 30.8 Å². The zero-order valence-corrected chi connectivity index (χ0v) is 14.4. The molecule has 0 spiro atoms. The fourth-order valence-corrected chi connectivity index (χ4v) is 2.72. The highest BCUT2D eigenvalue weighted by molar-refractivity contribution is 5.88. The van der Waals surface area contributed by atoms with E-state index in [9.17, 15) is 28.2 Å². The van der Waals surface area contributed by atoms with E-state index in [4.69, 9.17) is 0 Å². The molecule has 1 aromatic carbocycles. The third kappa shape index (κ3) is 3.57. The first-order chi connectivity index (χ1) is 12.6. The van der Waals surface area contributed by atoms with Crippen molar-refractivity contribution < 1.29 is 28.2 Å². The molecule has 0 saturated heterocycles. The minimum absolute atomic E-state index is 0.0197. The number of aromatic carboxylic acids is 1. The molecule has 6 nitrogen and oxygen atoms in total. The minimum Gasteiger partial charge on any atom is -0.493 e. The fraction of sp³-hybridized carbons (Fsp3) is 0.278. The van der Waals surface area contributed by atoms with Gasteiger partial charge in [-0.15, -0.1) is 0 Å². The number of carboxylic acids is 1. The van der Waals surface area contributed by atoms with Gasteiger partial charge in [0.15, 0.2) is 11.3 Å². The highest BCUT2D eigenvalue weighted by Crippen LogP contribution is 2.31. The van der Waals surface area contributed by atoms with E-state index >= 15 is 0 Å². The van der Waals surface area contributed by atoms with Gasteiger partial charge < -0.3 is 10.2 Å². The molecule has 0 atom stereocenters. The molecule has 0 aliphatic rings. The Hall–Kier alpha value is -3.10. The standard InChI is InChI=1S/C18H16F3N3O3/c1-9(2)13-8-14-22-15(17(26)27)12(16(25)24(14)23-13)7-10-4-3-5-11(6-10)18(19,20)21/h3-6,8-9,25H,7H2,1-2H3,(H,26,27). The molecule has 3 rings (SSSR count). The quantitative estimate of drug-likeness (QED) is 0.719. The molecule has 0 radical (unpaired) electrons. The Morgan fingerprint density at radius 2 is 1.96 bits per heavy atom. The second-order valence-corrected chi connectivity index (χ2v) is 6.44. The fourth-order valence-electron chi connectivity index (χ4n) is 2.72. The molecular weight excluding hydrogens is 363 g/mol. The summed E-state index contributed by atoms with van der Waals surface area (Å²) in [6.07, 6.45) is -4.76. The van der Waals surface area contributed by atoms with Crippen LogP contribution < -0.4 is 0 Å². The van der Waals surface area contributed by atoms with Gasteiger partial charge in [-0.2, -0.15) is 22.8 Å². The lowest BCUT2D eigenvalue weighted by Crippen LogP contribution is -2.11. The average molecular weight is 379 g/mol. The summed E-state index contributed by atoms with van der Waals surface area (Å²) < 4.78 is 39.8. The van der Waals surface area contributed by atoms with Crippen molar-refractivity contribution in [1.82, 2.24) is 14.6 Å². The van der Waals surface area contributed by atoms with Crippen LogP contribution in [0.15, 0.2) is 30.3 Å². The maximum absolute atomic E-state index is 12.9. The van der Waals surface area contributed by atoms with Crippen molar-refractivity contribution in [2.24, 2.45) is 0 Å². The van der Waals surface area contributed by atoms with Gasteiger partial charge in [-0.05, 0) is 17.5 Å². The zero-order valence-electron chi connectivity index (χ0n) is 14.4. The highest BCUT2D eigenvalue weighted by atomic mass is 19.4. The van der Waals surface area contributed by atoms with Crippen LogP contribution in [0.2, 0.25) is 0 Å². The maximum Gasteiger partial charge on any atom is 0.416 e. The molecule has 0 fully saturated rings. The van der Waals surface area contributed by atoms with Crippen molar-refractivity contribution in [2.45, 2.75) is 32.4 Å². The van der Waals surface area contributed by atoms with Crippen molar-refractivity contribution in [2.75, 3.05) is 0 Å². The van der Waals surface area contributed by atoms with Crippen LogP contribution in [0.1, 0.15) is 52.6 Å². The predicted molar refractivity (Wildman–Crippen MR) is 90.0 cm³/mol. The van der Waals surface area contributed by atoms with Crippen molar-refractivity contribution in [3.63, 3.8) is 0 Å². The molecule has 9 heteroatoms. The smallest absolute Gasteiger partial charge is 0.416 e. The largest absolute Gasteiger partial charge is 0.493 e. The van der Waals surface area contributed by atoms with Crippen molar-refractivity contribution >= 4 is 11.6 Å². The SMILES string of the molecule is CC(C)c1cc2nc(C(=O)O)c(Cc3cccc(C(F)(F)F)c3)c(O)n2n1. The van der Waals surface area contributed by atoms with Crippen LogP contribution in [0.3, 0.4) is 0 Å². The third-order valence-corrected chi connectivity index (χ3v) is 4.12. The highest BCUT2D eigenvalue weighted by Gasteiger charge is 2.30. The summed E-state index contributed by atoms with van der Waals surface area (Å²) >= 11 is 0. The van der Waals surface area contributed by atoms with Crippen molar-refractivity contribution in [3.8, 4) is 5.88 Å². The number of fused-ring (bicyclic) bond motifs is 1. The van der Waals surface area contributed by atoms with Gasteiger partial charge in [0.25, 0.3) is 0 Å².